The van der Waals surface area contributed by atoms with Gasteiger partial charge in [-0.2, -0.15) is 0 Å². The average molecular weight is 338 g/mol. The highest BCUT2D eigenvalue weighted by Gasteiger charge is 2.36. The summed E-state index contributed by atoms with van der Waals surface area (Å²) in [6.07, 6.45) is 0. The predicted molar refractivity (Wildman–Crippen MR) is 77.4 cm³/mol. The van der Waals surface area contributed by atoms with Crippen molar-refractivity contribution in [2.75, 3.05) is 24.5 Å². The van der Waals surface area contributed by atoms with E-state index in [1.54, 1.807) is 18.2 Å². The molecule has 8 heteroatoms. The summed E-state index contributed by atoms with van der Waals surface area (Å²) in [5.74, 6) is -0.723. The Hall–Kier alpha value is -1.17. The number of carbonyl (C=O) groups is 2. The number of carbonyl (C=O) groups excluding carboxylic acids is 2. The van der Waals surface area contributed by atoms with Gasteiger partial charge in [0.25, 0.3) is 0 Å². The van der Waals surface area contributed by atoms with E-state index in [1.807, 2.05) is 0 Å². The molecule has 1 N–H and O–H groups in total. The standard InChI is InChI=1S/C12H11Cl3N2O3/c13-6-20-11(18)7-4-17(5-7)12(19)16-9-3-1-2-8(14)10(9)15/h1-3,7H,4-6H2,(H,16,19). The van der Waals surface area contributed by atoms with Crippen LogP contribution in [-0.2, 0) is 9.53 Å². The summed E-state index contributed by atoms with van der Waals surface area (Å²) in [7, 11) is 0. The molecule has 0 radical (unpaired) electrons. The van der Waals surface area contributed by atoms with Crippen molar-refractivity contribution in [1.29, 1.82) is 0 Å². The number of anilines is 1. The van der Waals surface area contributed by atoms with Crippen LogP contribution in [0, 0.1) is 5.92 Å². The highest BCUT2D eigenvalue weighted by atomic mass is 35.5. The van der Waals surface area contributed by atoms with Crippen molar-refractivity contribution in [3.05, 3.63) is 28.2 Å². The summed E-state index contributed by atoms with van der Waals surface area (Å²) in [4.78, 5) is 24.7. The van der Waals surface area contributed by atoms with Gasteiger partial charge >= 0.3 is 12.0 Å². The molecule has 108 valence electrons. The smallest absolute Gasteiger partial charge is 0.321 e. The lowest BCUT2D eigenvalue weighted by molar-refractivity contribution is -0.150. The lowest BCUT2D eigenvalue weighted by Gasteiger charge is -2.37. The molecule has 0 aliphatic carbocycles. The Kier molecular flexibility index (Phi) is 4.96. The van der Waals surface area contributed by atoms with Crippen molar-refractivity contribution < 1.29 is 14.3 Å². The second-order valence-corrected chi connectivity index (χ2v) is 5.21. The minimum Gasteiger partial charge on any atom is -0.449 e. The zero-order chi connectivity index (χ0) is 14.7. The number of amides is 2. The summed E-state index contributed by atoms with van der Waals surface area (Å²) < 4.78 is 4.66. The third-order valence-electron chi connectivity index (χ3n) is 2.89. The van der Waals surface area contributed by atoms with E-state index >= 15 is 0 Å². The van der Waals surface area contributed by atoms with Crippen LogP contribution in [0.4, 0.5) is 10.5 Å². The Morgan fingerprint density at radius 2 is 2.05 bits per heavy atom. The maximum Gasteiger partial charge on any atom is 0.321 e. The van der Waals surface area contributed by atoms with Crippen LogP contribution in [0.25, 0.3) is 0 Å². The van der Waals surface area contributed by atoms with E-state index in [2.05, 4.69) is 10.1 Å². The van der Waals surface area contributed by atoms with Gasteiger partial charge in [0.1, 0.15) is 0 Å². The minimum absolute atomic E-state index is 0.181. The van der Waals surface area contributed by atoms with E-state index in [0.29, 0.717) is 23.8 Å². The average Bonchev–Trinajstić information content (AvgIpc) is 2.33. The Morgan fingerprint density at radius 3 is 2.70 bits per heavy atom. The zero-order valence-electron chi connectivity index (χ0n) is 10.2. The Morgan fingerprint density at radius 1 is 1.35 bits per heavy atom. The van der Waals surface area contributed by atoms with Gasteiger partial charge in [0.05, 0.1) is 21.7 Å². The van der Waals surface area contributed by atoms with Crippen LogP contribution in [-0.4, -0.2) is 36.1 Å². The molecule has 1 heterocycles. The van der Waals surface area contributed by atoms with Gasteiger partial charge in [-0.3, -0.25) is 4.79 Å². The van der Waals surface area contributed by atoms with Crippen LogP contribution < -0.4 is 5.32 Å². The molecule has 1 fully saturated rings. The number of rotatable bonds is 3. The lowest BCUT2D eigenvalue weighted by atomic mass is 10.0. The Labute approximate surface area is 130 Å². The summed E-state index contributed by atoms with van der Waals surface area (Å²) in [5, 5.41) is 3.27. The third kappa shape index (κ3) is 3.29. The number of hydrogen-bond donors (Lipinski definition) is 1. The second-order valence-electron chi connectivity index (χ2n) is 4.21. The molecular formula is C12H11Cl3N2O3. The van der Waals surface area contributed by atoms with Crippen LogP contribution in [0.1, 0.15) is 0 Å². The van der Waals surface area contributed by atoms with Crippen LogP contribution in [0.15, 0.2) is 18.2 Å². The molecule has 0 atom stereocenters. The van der Waals surface area contributed by atoms with E-state index < -0.39 is 5.97 Å². The highest BCUT2D eigenvalue weighted by molar-refractivity contribution is 6.43. The number of urea groups is 1. The van der Waals surface area contributed by atoms with Gasteiger partial charge in [0.2, 0.25) is 0 Å². The van der Waals surface area contributed by atoms with Crippen LogP contribution in [0.3, 0.4) is 0 Å². The summed E-state index contributed by atoms with van der Waals surface area (Å²) >= 11 is 17.1. The maximum atomic E-state index is 11.9. The summed E-state index contributed by atoms with van der Waals surface area (Å²) in [6, 6.07) is 4.43. The minimum atomic E-state index is -0.398. The zero-order valence-corrected chi connectivity index (χ0v) is 12.5. The number of nitrogens with one attached hydrogen (secondary N) is 1. The molecule has 0 bridgehead atoms. The number of likely N-dealkylation sites (tertiary alicyclic amines) is 1. The lowest BCUT2D eigenvalue weighted by Crippen LogP contribution is -2.54. The van der Waals surface area contributed by atoms with Crippen molar-refractivity contribution >= 4 is 52.5 Å². The molecule has 1 aliphatic heterocycles. The molecule has 20 heavy (non-hydrogen) atoms. The number of ether oxygens (including phenoxy) is 1. The number of benzene rings is 1. The fraction of sp³-hybridized carbons (Fsp3) is 0.333. The van der Waals surface area contributed by atoms with Gasteiger partial charge in [-0.25, -0.2) is 4.79 Å². The van der Waals surface area contributed by atoms with E-state index in [0.717, 1.165) is 0 Å². The largest absolute Gasteiger partial charge is 0.449 e. The SMILES string of the molecule is O=C(OCCl)C1CN(C(=O)Nc2cccc(Cl)c2Cl)C1. The van der Waals surface area contributed by atoms with Crippen molar-refractivity contribution in [1.82, 2.24) is 4.90 Å². The number of alkyl halides is 1. The summed E-state index contributed by atoms with van der Waals surface area (Å²) in [6.45, 7) is 0.583. The molecule has 1 aromatic rings. The van der Waals surface area contributed by atoms with Gasteiger partial charge in [0.15, 0.2) is 6.07 Å². The van der Waals surface area contributed by atoms with Gasteiger partial charge < -0.3 is 15.0 Å². The molecule has 1 saturated heterocycles. The van der Waals surface area contributed by atoms with Gasteiger partial charge in [-0.15, -0.1) is 0 Å². The van der Waals surface area contributed by atoms with Crippen molar-refractivity contribution in [2.24, 2.45) is 5.92 Å². The predicted octanol–water partition coefficient (Wildman–Crippen LogP) is 3.20. The van der Waals surface area contributed by atoms with Gasteiger partial charge in [-0.05, 0) is 12.1 Å². The fourth-order valence-corrected chi connectivity index (χ4v) is 2.22. The molecule has 2 amide bonds. The Balaban J connectivity index is 1.89. The van der Waals surface area contributed by atoms with Gasteiger partial charge in [-0.1, -0.05) is 40.9 Å². The number of nitrogens with zero attached hydrogens (tertiary/aromatic N) is 1. The van der Waals surface area contributed by atoms with Crippen LogP contribution in [0.2, 0.25) is 10.0 Å². The molecule has 1 aliphatic rings. The second kappa shape index (κ2) is 6.52. The summed E-state index contributed by atoms with van der Waals surface area (Å²) in [5.41, 5.74) is 0.427. The van der Waals surface area contributed by atoms with E-state index in [1.165, 1.54) is 4.90 Å². The molecule has 0 aromatic heterocycles. The number of hydrogen-bond acceptors (Lipinski definition) is 3. The Bertz CT molecular complexity index is 533. The van der Waals surface area contributed by atoms with E-state index in [9.17, 15) is 9.59 Å². The molecule has 0 unspecified atom stereocenters. The molecule has 0 spiro atoms. The molecule has 0 saturated carbocycles. The monoisotopic (exact) mass is 336 g/mol. The van der Waals surface area contributed by atoms with E-state index in [-0.39, 0.29) is 23.0 Å². The normalized spacial score (nSPS) is 14.7. The van der Waals surface area contributed by atoms with Crippen molar-refractivity contribution in [2.45, 2.75) is 0 Å². The first kappa shape index (κ1) is 15.2. The van der Waals surface area contributed by atoms with Crippen molar-refractivity contribution in [3.8, 4) is 0 Å². The first-order chi connectivity index (χ1) is 9.52. The first-order valence-corrected chi connectivity index (χ1v) is 7.04. The first-order valence-electron chi connectivity index (χ1n) is 5.75. The topological polar surface area (TPSA) is 58.6 Å². The molecular weight excluding hydrogens is 327 g/mol. The van der Waals surface area contributed by atoms with E-state index in [4.69, 9.17) is 34.8 Å². The van der Waals surface area contributed by atoms with Gasteiger partial charge in [0, 0.05) is 13.1 Å². The number of esters is 1. The quantitative estimate of drug-likeness (QED) is 0.680. The highest BCUT2D eigenvalue weighted by Crippen LogP contribution is 2.30. The van der Waals surface area contributed by atoms with Crippen LogP contribution in [0.5, 0.6) is 0 Å². The fourth-order valence-electron chi connectivity index (χ4n) is 1.76. The van der Waals surface area contributed by atoms with Crippen molar-refractivity contribution in [3.63, 3.8) is 0 Å². The number of halogens is 3. The molecule has 2 rings (SSSR count). The van der Waals surface area contributed by atoms with Crippen LogP contribution >= 0.6 is 34.8 Å². The molecule has 1 aromatic carbocycles. The third-order valence-corrected chi connectivity index (χ3v) is 3.82. The molecule has 5 nitrogen and oxygen atoms in total. The maximum absolute atomic E-state index is 11.9.